The SMILES string of the molecule is Cc1ccc[n+](/C(C(=S)Nc2c(C)cccc2C)=C(/O)c2ccc(Cl)s2)c1. The van der Waals surface area contributed by atoms with Crippen LogP contribution < -0.4 is 9.88 Å². The van der Waals surface area contributed by atoms with Crippen LogP contribution in [0.3, 0.4) is 0 Å². The molecule has 0 radical (unpaired) electrons. The molecule has 0 spiro atoms. The average molecular weight is 416 g/mol. The number of aliphatic hydroxyl groups is 1. The number of nitrogens with zero attached hydrogens (tertiary/aromatic N) is 1. The Morgan fingerprint density at radius 2 is 1.78 bits per heavy atom. The van der Waals surface area contributed by atoms with Crippen molar-refractivity contribution in [2.75, 3.05) is 5.32 Å². The summed E-state index contributed by atoms with van der Waals surface area (Å²) in [5.74, 6) is 0.0891. The molecule has 27 heavy (non-hydrogen) atoms. The van der Waals surface area contributed by atoms with E-state index in [1.165, 1.54) is 11.3 Å². The van der Waals surface area contributed by atoms with Crippen molar-refractivity contribution >= 4 is 57.3 Å². The molecule has 6 heteroatoms. The molecule has 2 aromatic heterocycles. The Hall–Kier alpha value is -2.21. The maximum absolute atomic E-state index is 11.0. The number of aryl methyl sites for hydroxylation is 3. The molecule has 3 nitrogen and oxygen atoms in total. The standard InChI is InChI=1S/C21H19ClN2OS2/c1-13-6-5-11-24(12-13)19(20(25)16-9-10-17(22)27-16)21(26)23-18-14(2)7-4-8-15(18)3/h4-12H,1-3H3,(H-,23,25,26)/p+1. The summed E-state index contributed by atoms with van der Waals surface area (Å²) in [5, 5.41) is 14.3. The Morgan fingerprint density at radius 3 is 2.37 bits per heavy atom. The van der Waals surface area contributed by atoms with Crippen LogP contribution in [-0.2, 0) is 0 Å². The normalized spacial score (nSPS) is 11.9. The molecule has 0 atom stereocenters. The highest BCUT2D eigenvalue weighted by molar-refractivity contribution is 7.81. The van der Waals surface area contributed by atoms with Crippen molar-refractivity contribution in [3.63, 3.8) is 0 Å². The van der Waals surface area contributed by atoms with Gasteiger partial charge in [0, 0.05) is 17.3 Å². The summed E-state index contributed by atoms with van der Waals surface area (Å²) in [7, 11) is 0. The monoisotopic (exact) mass is 415 g/mol. The number of hydrogen-bond acceptors (Lipinski definition) is 3. The van der Waals surface area contributed by atoms with Crippen LogP contribution in [0.5, 0.6) is 0 Å². The van der Waals surface area contributed by atoms with Gasteiger partial charge in [-0.3, -0.25) is 0 Å². The number of anilines is 1. The number of hydrogen-bond donors (Lipinski definition) is 2. The number of rotatable bonds is 4. The largest absolute Gasteiger partial charge is 0.501 e. The zero-order chi connectivity index (χ0) is 19.6. The van der Waals surface area contributed by atoms with E-state index in [1.54, 1.807) is 12.1 Å². The van der Waals surface area contributed by atoms with Crippen molar-refractivity contribution in [1.82, 2.24) is 0 Å². The van der Waals surface area contributed by atoms with Gasteiger partial charge >= 0.3 is 0 Å². The first kappa shape index (κ1) is 19.5. The molecule has 138 valence electrons. The van der Waals surface area contributed by atoms with E-state index >= 15 is 0 Å². The summed E-state index contributed by atoms with van der Waals surface area (Å²) in [6.07, 6.45) is 3.80. The first-order valence-corrected chi connectivity index (χ1v) is 10.0. The molecule has 0 saturated heterocycles. The van der Waals surface area contributed by atoms with E-state index in [9.17, 15) is 5.11 Å². The Labute approximate surface area is 173 Å². The van der Waals surface area contributed by atoms with Crippen molar-refractivity contribution in [3.8, 4) is 0 Å². The van der Waals surface area contributed by atoms with Gasteiger partial charge in [-0.1, -0.05) is 42.0 Å². The predicted molar refractivity (Wildman–Crippen MR) is 119 cm³/mol. The van der Waals surface area contributed by atoms with Gasteiger partial charge in [-0.05, 0) is 50.1 Å². The Morgan fingerprint density at radius 1 is 1.07 bits per heavy atom. The molecule has 0 aliphatic heterocycles. The molecule has 0 amide bonds. The lowest BCUT2D eigenvalue weighted by Crippen LogP contribution is -2.38. The molecule has 3 aromatic rings. The van der Waals surface area contributed by atoms with Crippen LogP contribution in [0.25, 0.3) is 11.5 Å². The van der Waals surface area contributed by atoms with Gasteiger partial charge in [0.25, 0.3) is 5.70 Å². The first-order valence-electron chi connectivity index (χ1n) is 8.41. The van der Waals surface area contributed by atoms with E-state index in [2.05, 4.69) is 5.32 Å². The van der Waals surface area contributed by atoms with Crippen molar-refractivity contribution < 1.29 is 9.67 Å². The fourth-order valence-corrected chi connectivity index (χ4v) is 4.11. The second-order valence-corrected chi connectivity index (χ2v) is 8.43. The molecule has 2 N–H and O–H groups in total. The van der Waals surface area contributed by atoms with Gasteiger partial charge < -0.3 is 10.4 Å². The molecule has 0 aliphatic carbocycles. The number of benzene rings is 1. The molecule has 2 heterocycles. The Bertz CT molecular complexity index is 1020. The summed E-state index contributed by atoms with van der Waals surface area (Å²) in [6, 6.07) is 13.5. The number of nitrogens with one attached hydrogen (secondary N) is 1. The van der Waals surface area contributed by atoms with Crippen LogP contribution in [0.1, 0.15) is 21.6 Å². The second-order valence-electron chi connectivity index (χ2n) is 6.31. The van der Waals surface area contributed by atoms with Gasteiger partial charge in [0.1, 0.15) is 0 Å². The van der Waals surface area contributed by atoms with Crippen molar-refractivity contribution in [2.24, 2.45) is 0 Å². The van der Waals surface area contributed by atoms with Gasteiger partial charge in [-0.2, -0.15) is 4.57 Å². The number of para-hydroxylation sites is 1. The minimum absolute atomic E-state index is 0.0891. The van der Waals surface area contributed by atoms with Crippen LogP contribution in [-0.4, -0.2) is 10.1 Å². The minimum Gasteiger partial charge on any atom is -0.501 e. The highest BCUT2D eigenvalue weighted by atomic mass is 35.5. The number of thiophene rings is 1. The van der Waals surface area contributed by atoms with Gasteiger partial charge in [0.2, 0.25) is 5.76 Å². The Balaban J connectivity index is 2.11. The smallest absolute Gasteiger partial charge is 0.289 e. The van der Waals surface area contributed by atoms with E-state index in [0.717, 1.165) is 22.4 Å². The zero-order valence-corrected chi connectivity index (χ0v) is 17.7. The lowest BCUT2D eigenvalue weighted by molar-refractivity contribution is -0.576. The zero-order valence-electron chi connectivity index (χ0n) is 15.3. The number of halogens is 1. The van der Waals surface area contributed by atoms with E-state index in [4.69, 9.17) is 23.8 Å². The van der Waals surface area contributed by atoms with Gasteiger partial charge in [0.15, 0.2) is 17.4 Å². The molecular formula is C21H20ClN2OS2+. The summed E-state index contributed by atoms with van der Waals surface area (Å²) in [4.78, 5) is 1.10. The molecule has 1 aromatic carbocycles. The number of pyridine rings is 1. The fraction of sp³-hybridized carbons (Fsp3) is 0.143. The fourth-order valence-electron chi connectivity index (χ4n) is 2.82. The second kappa shape index (κ2) is 8.21. The third-order valence-electron chi connectivity index (χ3n) is 4.17. The molecule has 0 bridgehead atoms. The number of thiocarbonyl (C=S) groups is 1. The van der Waals surface area contributed by atoms with E-state index in [1.807, 2.05) is 68.1 Å². The topological polar surface area (TPSA) is 36.1 Å². The molecule has 3 rings (SSSR count). The maximum Gasteiger partial charge on any atom is 0.289 e. The summed E-state index contributed by atoms with van der Waals surface area (Å²) in [6.45, 7) is 6.05. The van der Waals surface area contributed by atoms with Crippen LogP contribution in [0.4, 0.5) is 5.69 Å². The third-order valence-corrected chi connectivity index (χ3v) is 5.71. The van der Waals surface area contributed by atoms with Crippen LogP contribution in [0.15, 0.2) is 54.9 Å². The molecule has 0 aliphatic rings. The van der Waals surface area contributed by atoms with E-state index in [0.29, 0.717) is 19.9 Å². The van der Waals surface area contributed by atoms with Crippen molar-refractivity contribution in [2.45, 2.75) is 20.8 Å². The highest BCUT2D eigenvalue weighted by Gasteiger charge is 2.25. The molecule has 0 fully saturated rings. The Kier molecular flexibility index (Phi) is 5.95. The predicted octanol–water partition coefficient (Wildman–Crippen LogP) is 5.94. The van der Waals surface area contributed by atoms with E-state index in [-0.39, 0.29) is 5.76 Å². The highest BCUT2D eigenvalue weighted by Crippen LogP contribution is 2.29. The number of aromatic nitrogens is 1. The van der Waals surface area contributed by atoms with Crippen LogP contribution in [0.2, 0.25) is 4.34 Å². The molecular weight excluding hydrogens is 396 g/mol. The lowest BCUT2D eigenvalue weighted by Gasteiger charge is -2.14. The quantitative estimate of drug-likeness (QED) is 0.239. The first-order chi connectivity index (χ1) is 12.9. The van der Waals surface area contributed by atoms with Crippen molar-refractivity contribution in [3.05, 3.63) is 80.8 Å². The third kappa shape index (κ3) is 4.38. The lowest BCUT2D eigenvalue weighted by atomic mass is 10.1. The average Bonchev–Trinajstić information content (AvgIpc) is 3.05. The number of aliphatic hydroxyl groups excluding tert-OH is 1. The maximum atomic E-state index is 11.0. The van der Waals surface area contributed by atoms with Gasteiger partial charge in [-0.25, -0.2) is 0 Å². The molecule has 0 unspecified atom stereocenters. The summed E-state index contributed by atoms with van der Waals surface area (Å²) in [5.41, 5.74) is 4.69. The summed E-state index contributed by atoms with van der Waals surface area (Å²) < 4.78 is 2.44. The van der Waals surface area contributed by atoms with Gasteiger partial charge in [-0.15, -0.1) is 11.3 Å². The van der Waals surface area contributed by atoms with Gasteiger partial charge in [0.05, 0.1) is 9.21 Å². The van der Waals surface area contributed by atoms with Crippen LogP contribution in [0, 0.1) is 20.8 Å². The van der Waals surface area contributed by atoms with Crippen molar-refractivity contribution in [1.29, 1.82) is 0 Å². The summed E-state index contributed by atoms with van der Waals surface area (Å²) >= 11 is 13.1. The van der Waals surface area contributed by atoms with Crippen LogP contribution >= 0.6 is 35.2 Å². The molecule has 0 saturated carbocycles. The van der Waals surface area contributed by atoms with E-state index < -0.39 is 0 Å². The minimum atomic E-state index is 0.0891.